The van der Waals surface area contributed by atoms with Crippen molar-refractivity contribution in [2.24, 2.45) is 0 Å². The number of nitrogens with one attached hydrogen (secondary N) is 1. The van der Waals surface area contributed by atoms with Gasteiger partial charge in [-0.1, -0.05) is 0 Å². The lowest BCUT2D eigenvalue weighted by atomic mass is 10.4. The molecule has 2 rings (SSSR count). The van der Waals surface area contributed by atoms with Gasteiger partial charge in [0.15, 0.2) is 5.76 Å². The normalized spacial score (nSPS) is 10.7. The quantitative estimate of drug-likeness (QED) is 0.636. The van der Waals surface area contributed by atoms with E-state index in [1.54, 1.807) is 23.9 Å². The average Bonchev–Trinajstić information content (AvgIpc) is 3.13. The molecule has 0 radical (unpaired) electrons. The number of nitrogens with zero attached hydrogens (tertiary/aromatic N) is 4. The van der Waals surface area contributed by atoms with Crippen molar-refractivity contribution >= 4 is 17.7 Å². The van der Waals surface area contributed by atoms with Gasteiger partial charge in [0.1, 0.15) is 6.54 Å². The van der Waals surface area contributed by atoms with Gasteiger partial charge in [-0.2, -0.15) is 16.6 Å². The van der Waals surface area contributed by atoms with Crippen LogP contribution in [0.3, 0.4) is 0 Å². The summed E-state index contributed by atoms with van der Waals surface area (Å²) in [6.45, 7) is 0.805. The number of tetrazole rings is 1. The predicted octanol–water partition coefficient (Wildman–Crippen LogP) is 0.165. The van der Waals surface area contributed by atoms with E-state index in [1.807, 2.05) is 0 Å². The number of thioether (sulfide) groups is 1. The van der Waals surface area contributed by atoms with Gasteiger partial charge in [0.05, 0.1) is 6.26 Å². The largest absolute Gasteiger partial charge is 0.461 e. The summed E-state index contributed by atoms with van der Waals surface area (Å²) in [5.74, 6) is 2.41. The first-order valence-corrected chi connectivity index (χ1v) is 7.72. The molecule has 8 nitrogen and oxygen atoms in total. The van der Waals surface area contributed by atoms with Gasteiger partial charge in [-0.05, 0) is 29.5 Å². The zero-order valence-corrected chi connectivity index (χ0v) is 12.3. The third kappa shape index (κ3) is 5.20. The van der Waals surface area contributed by atoms with Gasteiger partial charge >= 0.3 is 0 Å². The zero-order valence-electron chi connectivity index (χ0n) is 11.4. The molecule has 1 amide bonds. The van der Waals surface area contributed by atoms with E-state index >= 15 is 0 Å². The van der Waals surface area contributed by atoms with Crippen molar-refractivity contribution in [1.29, 1.82) is 0 Å². The summed E-state index contributed by atoms with van der Waals surface area (Å²) >= 11 is 1.69. The molecule has 0 unspecified atom stereocenters. The molecule has 9 heteroatoms. The Bertz CT molecular complexity index is 543. The maximum Gasteiger partial charge on any atom is 0.243 e. The van der Waals surface area contributed by atoms with Crippen LogP contribution < -0.4 is 5.32 Å². The maximum absolute atomic E-state index is 11.7. The van der Waals surface area contributed by atoms with Crippen LogP contribution in [0.2, 0.25) is 0 Å². The fraction of sp³-hybridized carbons (Fsp3) is 0.500. The lowest BCUT2D eigenvalue weighted by molar-refractivity contribution is -0.121. The number of rotatable bonds is 9. The fourth-order valence-electron chi connectivity index (χ4n) is 1.53. The Morgan fingerprint density at radius 1 is 1.48 bits per heavy atom. The van der Waals surface area contributed by atoms with Crippen LogP contribution in [0.25, 0.3) is 11.6 Å². The van der Waals surface area contributed by atoms with Gasteiger partial charge in [-0.25, -0.2) is 0 Å². The van der Waals surface area contributed by atoms with E-state index in [2.05, 4.69) is 20.7 Å². The van der Waals surface area contributed by atoms with Crippen molar-refractivity contribution in [3.8, 4) is 11.6 Å². The monoisotopic (exact) mass is 311 g/mol. The summed E-state index contributed by atoms with van der Waals surface area (Å²) in [6.07, 6.45) is 2.30. The van der Waals surface area contributed by atoms with Crippen LogP contribution in [-0.4, -0.2) is 55.9 Å². The standard InChI is InChI=1S/C12H17N5O3S/c18-5-2-7-21-8-4-13-11(19)9-17-15-12(14-16-17)10-3-1-6-20-10/h1,3,6,18H,2,4-5,7-9H2,(H,13,19). The number of hydrogen-bond donors (Lipinski definition) is 2. The Labute approximate surface area is 125 Å². The van der Waals surface area contributed by atoms with E-state index in [-0.39, 0.29) is 19.1 Å². The molecule has 0 spiro atoms. The number of aromatic nitrogens is 4. The Morgan fingerprint density at radius 3 is 3.14 bits per heavy atom. The van der Waals surface area contributed by atoms with Gasteiger partial charge in [-0.3, -0.25) is 4.79 Å². The maximum atomic E-state index is 11.7. The van der Waals surface area contributed by atoms with Gasteiger partial charge in [0, 0.05) is 18.9 Å². The van der Waals surface area contributed by atoms with Gasteiger partial charge < -0.3 is 14.8 Å². The smallest absolute Gasteiger partial charge is 0.243 e. The first kappa shape index (κ1) is 15.5. The second-order valence-corrected chi connectivity index (χ2v) is 5.38. The molecule has 0 aliphatic rings. The van der Waals surface area contributed by atoms with Gasteiger partial charge in [-0.15, -0.1) is 10.2 Å². The third-order valence-electron chi connectivity index (χ3n) is 2.49. The summed E-state index contributed by atoms with van der Waals surface area (Å²) in [6, 6.07) is 3.46. The number of furan rings is 1. The molecule has 2 N–H and O–H groups in total. The highest BCUT2D eigenvalue weighted by molar-refractivity contribution is 7.99. The van der Waals surface area contributed by atoms with Crippen LogP contribution in [0.15, 0.2) is 22.8 Å². The Kier molecular flexibility index (Phi) is 6.22. The van der Waals surface area contributed by atoms with E-state index < -0.39 is 0 Å². The molecule has 114 valence electrons. The molecule has 21 heavy (non-hydrogen) atoms. The van der Waals surface area contributed by atoms with Crippen molar-refractivity contribution in [3.05, 3.63) is 18.4 Å². The number of amides is 1. The van der Waals surface area contributed by atoms with E-state index in [0.717, 1.165) is 17.9 Å². The number of aliphatic hydroxyl groups excluding tert-OH is 1. The Morgan fingerprint density at radius 2 is 2.38 bits per heavy atom. The van der Waals surface area contributed by atoms with Crippen LogP contribution in [0.1, 0.15) is 6.42 Å². The van der Waals surface area contributed by atoms with Crippen molar-refractivity contribution in [2.75, 3.05) is 24.7 Å². The third-order valence-corrected chi connectivity index (χ3v) is 3.56. The topological polar surface area (TPSA) is 106 Å². The molecule has 0 bridgehead atoms. The summed E-state index contributed by atoms with van der Waals surface area (Å²) in [5, 5.41) is 23.1. The fourth-order valence-corrected chi connectivity index (χ4v) is 2.31. The lowest BCUT2D eigenvalue weighted by Gasteiger charge is -2.03. The van der Waals surface area contributed by atoms with Gasteiger partial charge in [0.2, 0.25) is 11.7 Å². The summed E-state index contributed by atoms with van der Waals surface area (Å²) in [7, 11) is 0. The zero-order chi connectivity index (χ0) is 14.9. The summed E-state index contributed by atoms with van der Waals surface area (Å²) < 4.78 is 5.15. The lowest BCUT2D eigenvalue weighted by Crippen LogP contribution is -2.30. The number of carbonyl (C=O) groups is 1. The summed E-state index contributed by atoms with van der Waals surface area (Å²) in [4.78, 5) is 12.9. The second kappa shape index (κ2) is 8.42. The van der Waals surface area contributed by atoms with Gasteiger partial charge in [0.25, 0.3) is 0 Å². The van der Waals surface area contributed by atoms with Crippen LogP contribution in [0.4, 0.5) is 0 Å². The molecule has 0 saturated heterocycles. The average molecular weight is 311 g/mol. The number of carbonyl (C=O) groups excluding carboxylic acids is 1. The molecule has 0 fully saturated rings. The van der Waals surface area contributed by atoms with Crippen molar-refractivity contribution in [2.45, 2.75) is 13.0 Å². The van der Waals surface area contributed by atoms with E-state index in [0.29, 0.717) is 18.1 Å². The second-order valence-electron chi connectivity index (χ2n) is 4.16. The van der Waals surface area contributed by atoms with Crippen LogP contribution in [0, 0.1) is 0 Å². The molecule has 0 saturated carbocycles. The highest BCUT2D eigenvalue weighted by Gasteiger charge is 2.10. The van der Waals surface area contributed by atoms with E-state index in [1.165, 1.54) is 11.1 Å². The summed E-state index contributed by atoms with van der Waals surface area (Å²) in [5.41, 5.74) is 0. The molecular formula is C12H17N5O3S. The minimum absolute atomic E-state index is 0.0228. The Balaban J connectivity index is 1.68. The molecule has 0 atom stereocenters. The highest BCUT2D eigenvalue weighted by Crippen LogP contribution is 2.12. The van der Waals surface area contributed by atoms with Crippen molar-refractivity contribution in [3.63, 3.8) is 0 Å². The van der Waals surface area contributed by atoms with Crippen molar-refractivity contribution < 1.29 is 14.3 Å². The molecule has 0 aromatic carbocycles. The number of hydrogen-bond acceptors (Lipinski definition) is 7. The van der Waals surface area contributed by atoms with E-state index in [9.17, 15) is 4.79 Å². The van der Waals surface area contributed by atoms with Crippen LogP contribution >= 0.6 is 11.8 Å². The van der Waals surface area contributed by atoms with E-state index in [4.69, 9.17) is 9.52 Å². The van der Waals surface area contributed by atoms with Crippen LogP contribution in [-0.2, 0) is 11.3 Å². The predicted molar refractivity (Wildman–Crippen MR) is 77.6 cm³/mol. The van der Waals surface area contributed by atoms with Crippen molar-refractivity contribution in [1.82, 2.24) is 25.5 Å². The Hall–Kier alpha value is -1.87. The minimum Gasteiger partial charge on any atom is -0.461 e. The van der Waals surface area contributed by atoms with Crippen LogP contribution in [0.5, 0.6) is 0 Å². The first-order chi connectivity index (χ1) is 10.3. The molecule has 0 aliphatic heterocycles. The molecule has 2 aromatic heterocycles. The SMILES string of the molecule is O=C(Cn1nnc(-c2ccco2)n1)NCCSCCCO. The molecule has 2 aromatic rings. The molecular weight excluding hydrogens is 294 g/mol. The first-order valence-electron chi connectivity index (χ1n) is 6.56. The number of aliphatic hydroxyl groups is 1. The minimum atomic E-state index is -0.166. The highest BCUT2D eigenvalue weighted by atomic mass is 32.2. The molecule has 0 aliphatic carbocycles. The molecule has 2 heterocycles.